The number of hydrogen-bond acceptors (Lipinski definition) is 4. The molecule has 4 nitrogen and oxygen atoms in total. The summed E-state index contributed by atoms with van der Waals surface area (Å²) in [6.45, 7) is 1.00. The van der Waals surface area contributed by atoms with E-state index in [0.717, 1.165) is 6.54 Å². The first kappa shape index (κ1) is 10.2. The molecule has 86 valence electrons. The highest BCUT2D eigenvalue weighted by molar-refractivity contribution is 7.13. The van der Waals surface area contributed by atoms with Gasteiger partial charge in [-0.2, -0.15) is 0 Å². The molecule has 3 rings (SSSR count). The van der Waals surface area contributed by atoms with Crippen LogP contribution in [-0.2, 0) is 4.79 Å². The van der Waals surface area contributed by atoms with Gasteiger partial charge in [-0.1, -0.05) is 6.42 Å². The van der Waals surface area contributed by atoms with Crippen LogP contribution < -0.4 is 10.6 Å². The quantitative estimate of drug-likeness (QED) is 0.819. The number of rotatable bonds is 2. The molecule has 16 heavy (non-hydrogen) atoms. The number of aromatic nitrogens is 1. The van der Waals surface area contributed by atoms with Crippen LogP contribution in [0.3, 0.4) is 0 Å². The Bertz CT molecular complexity index is 379. The van der Waals surface area contributed by atoms with Gasteiger partial charge in [-0.3, -0.25) is 4.79 Å². The minimum Gasteiger partial charge on any atom is -0.305 e. The van der Waals surface area contributed by atoms with E-state index in [1.807, 2.05) is 5.38 Å². The fourth-order valence-corrected chi connectivity index (χ4v) is 3.47. The molecular weight excluding hydrogens is 222 g/mol. The molecule has 2 fully saturated rings. The van der Waals surface area contributed by atoms with Crippen LogP contribution in [0.15, 0.2) is 11.6 Å². The maximum atomic E-state index is 12.0. The van der Waals surface area contributed by atoms with Crippen molar-refractivity contribution in [2.24, 2.45) is 11.8 Å². The maximum absolute atomic E-state index is 12.0. The molecule has 1 saturated heterocycles. The van der Waals surface area contributed by atoms with Gasteiger partial charge in [-0.15, -0.1) is 11.3 Å². The van der Waals surface area contributed by atoms with Crippen LogP contribution >= 0.6 is 11.3 Å². The summed E-state index contributed by atoms with van der Waals surface area (Å²) in [5.74, 6) is 1.34. The largest absolute Gasteiger partial charge is 0.305 e. The number of carbonyl (C=O) groups is 1. The lowest BCUT2D eigenvalue weighted by atomic mass is 9.94. The lowest BCUT2D eigenvalue weighted by Gasteiger charge is -2.16. The van der Waals surface area contributed by atoms with Crippen molar-refractivity contribution in [3.8, 4) is 0 Å². The van der Waals surface area contributed by atoms with Crippen molar-refractivity contribution in [3.05, 3.63) is 11.6 Å². The highest BCUT2D eigenvalue weighted by Crippen LogP contribution is 2.37. The van der Waals surface area contributed by atoms with Gasteiger partial charge in [0, 0.05) is 11.6 Å². The molecule has 3 unspecified atom stereocenters. The number of fused-ring (bicyclic) bond motifs is 1. The Labute approximate surface area is 98.5 Å². The van der Waals surface area contributed by atoms with Gasteiger partial charge in [0.2, 0.25) is 5.91 Å². The minimum absolute atomic E-state index is 0.00333. The number of amides is 1. The summed E-state index contributed by atoms with van der Waals surface area (Å²) >= 11 is 1.46. The average Bonchev–Trinajstić information content (AvgIpc) is 2.92. The van der Waals surface area contributed by atoms with E-state index in [1.165, 1.54) is 30.6 Å². The molecule has 1 aromatic heterocycles. The van der Waals surface area contributed by atoms with Gasteiger partial charge in [0.05, 0.1) is 6.04 Å². The van der Waals surface area contributed by atoms with Crippen molar-refractivity contribution >= 4 is 22.4 Å². The lowest BCUT2D eigenvalue weighted by molar-refractivity contribution is -0.118. The molecule has 2 aliphatic rings. The van der Waals surface area contributed by atoms with Crippen molar-refractivity contribution in [1.82, 2.24) is 10.3 Å². The Morgan fingerprint density at radius 2 is 2.50 bits per heavy atom. The van der Waals surface area contributed by atoms with Crippen LogP contribution in [0, 0.1) is 11.8 Å². The van der Waals surface area contributed by atoms with Gasteiger partial charge in [0.1, 0.15) is 0 Å². The third-order valence-corrected chi connectivity index (χ3v) is 4.38. The van der Waals surface area contributed by atoms with Crippen LogP contribution in [0.5, 0.6) is 0 Å². The molecule has 3 atom stereocenters. The van der Waals surface area contributed by atoms with Gasteiger partial charge in [-0.05, 0) is 31.2 Å². The van der Waals surface area contributed by atoms with E-state index in [0.29, 0.717) is 17.0 Å². The van der Waals surface area contributed by atoms with Gasteiger partial charge in [0.25, 0.3) is 0 Å². The van der Waals surface area contributed by atoms with Gasteiger partial charge < -0.3 is 10.6 Å². The van der Waals surface area contributed by atoms with E-state index in [-0.39, 0.29) is 11.9 Å². The first-order valence-corrected chi connectivity index (χ1v) is 6.66. The average molecular weight is 237 g/mol. The maximum Gasteiger partial charge on any atom is 0.243 e. The summed E-state index contributed by atoms with van der Waals surface area (Å²) in [6.07, 6.45) is 5.45. The lowest BCUT2D eigenvalue weighted by Crippen LogP contribution is -2.39. The molecule has 2 heterocycles. The molecule has 1 aromatic rings. The normalized spacial score (nSPS) is 32.6. The summed E-state index contributed by atoms with van der Waals surface area (Å²) in [5, 5.41) is 8.79. The molecule has 0 spiro atoms. The summed E-state index contributed by atoms with van der Waals surface area (Å²) in [4.78, 5) is 16.1. The molecule has 1 aliphatic carbocycles. The zero-order valence-electron chi connectivity index (χ0n) is 8.98. The minimum atomic E-state index is -0.00333. The molecule has 2 N–H and O–H groups in total. The van der Waals surface area contributed by atoms with Crippen LogP contribution in [0.4, 0.5) is 5.13 Å². The topological polar surface area (TPSA) is 54.0 Å². The van der Waals surface area contributed by atoms with Crippen molar-refractivity contribution in [2.75, 3.05) is 11.9 Å². The van der Waals surface area contributed by atoms with Crippen molar-refractivity contribution in [3.63, 3.8) is 0 Å². The molecule has 0 bridgehead atoms. The molecule has 1 amide bonds. The molecule has 0 radical (unpaired) electrons. The van der Waals surface area contributed by atoms with Crippen molar-refractivity contribution in [1.29, 1.82) is 0 Å². The molecule has 1 aliphatic heterocycles. The Hall–Kier alpha value is -0.940. The first-order valence-electron chi connectivity index (χ1n) is 5.78. The second kappa shape index (κ2) is 4.14. The fourth-order valence-electron chi connectivity index (χ4n) is 2.94. The second-order valence-corrected chi connectivity index (χ2v) is 5.46. The number of nitrogens with one attached hydrogen (secondary N) is 2. The van der Waals surface area contributed by atoms with Crippen LogP contribution in [0.1, 0.15) is 19.3 Å². The summed E-state index contributed by atoms with van der Waals surface area (Å²) in [5.41, 5.74) is 0. The Morgan fingerprint density at radius 1 is 1.56 bits per heavy atom. The van der Waals surface area contributed by atoms with E-state index < -0.39 is 0 Å². The van der Waals surface area contributed by atoms with E-state index in [2.05, 4.69) is 15.6 Å². The zero-order chi connectivity index (χ0) is 11.0. The number of anilines is 1. The Kier molecular flexibility index (Phi) is 2.65. The number of carbonyl (C=O) groups excluding carboxylic acids is 1. The molecular formula is C11H15N3OS. The highest BCUT2D eigenvalue weighted by atomic mass is 32.1. The first-order chi connectivity index (χ1) is 7.84. The number of thiazole rings is 1. The standard InChI is InChI=1S/C11H15N3OS/c15-10(14-11-12-4-5-16-11)9-8-3-1-2-7(8)6-13-9/h4-5,7-9,13H,1-3,6H2,(H,12,14,15). The van der Waals surface area contributed by atoms with Gasteiger partial charge in [0.15, 0.2) is 5.13 Å². The van der Waals surface area contributed by atoms with Crippen molar-refractivity contribution in [2.45, 2.75) is 25.3 Å². The van der Waals surface area contributed by atoms with E-state index >= 15 is 0 Å². The monoisotopic (exact) mass is 237 g/mol. The van der Waals surface area contributed by atoms with Gasteiger partial charge in [-0.25, -0.2) is 4.98 Å². The Morgan fingerprint density at radius 3 is 3.31 bits per heavy atom. The van der Waals surface area contributed by atoms with E-state index in [1.54, 1.807) is 6.20 Å². The Balaban J connectivity index is 1.67. The number of hydrogen-bond donors (Lipinski definition) is 2. The predicted molar refractivity (Wildman–Crippen MR) is 63.4 cm³/mol. The smallest absolute Gasteiger partial charge is 0.243 e. The van der Waals surface area contributed by atoms with Crippen LogP contribution in [0.25, 0.3) is 0 Å². The molecule has 5 heteroatoms. The molecule has 0 aromatic carbocycles. The van der Waals surface area contributed by atoms with E-state index in [4.69, 9.17) is 0 Å². The van der Waals surface area contributed by atoms with Crippen molar-refractivity contribution < 1.29 is 4.79 Å². The van der Waals surface area contributed by atoms with Crippen LogP contribution in [-0.4, -0.2) is 23.5 Å². The fraction of sp³-hybridized carbons (Fsp3) is 0.636. The summed E-state index contributed by atoms with van der Waals surface area (Å²) in [6, 6.07) is -0.00333. The summed E-state index contributed by atoms with van der Waals surface area (Å²) in [7, 11) is 0. The highest BCUT2D eigenvalue weighted by Gasteiger charge is 2.42. The van der Waals surface area contributed by atoms with E-state index in [9.17, 15) is 4.79 Å². The summed E-state index contributed by atoms with van der Waals surface area (Å²) < 4.78 is 0. The second-order valence-electron chi connectivity index (χ2n) is 4.57. The molecule has 1 saturated carbocycles. The predicted octanol–water partition coefficient (Wildman–Crippen LogP) is 1.47. The van der Waals surface area contributed by atoms with Gasteiger partial charge >= 0.3 is 0 Å². The SMILES string of the molecule is O=C(Nc1nccs1)C1NCC2CCCC21. The third-order valence-electron chi connectivity index (χ3n) is 3.69. The third kappa shape index (κ3) is 1.74. The van der Waals surface area contributed by atoms with Crippen LogP contribution in [0.2, 0.25) is 0 Å². The number of nitrogens with zero attached hydrogens (tertiary/aromatic N) is 1. The zero-order valence-corrected chi connectivity index (χ0v) is 9.80.